The van der Waals surface area contributed by atoms with Crippen LogP contribution < -0.4 is 10.6 Å². The lowest BCUT2D eigenvalue weighted by molar-refractivity contribution is -0.122. The molecule has 0 aliphatic heterocycles. The second-order valence-electron chi connectivity index (χ2n) is 5.71. The van der Waals surface area contributed by atoms with Gasteiger partial charge in [0.05, 0.1) is 6.54 Å². The number of benzene rings is 1. The van der Waals surface area contributed by atoms with Crippen molar-refractivity contribution in [2.24, 2.45) is 0 Å². The molecule has 23 heavy (non-hydrogen) atoms. The van der Waals surface area contributed by atoms with Crippen LogP contribution in [-0.4, -0.2) is 42.9 Å². The van der Waals surface area contributed by atoms with Crippen molar-refractivity contribution in [3.05, 3.63) is 35.4 Å². The molecule has 0 atom stereocenters. The van der Waals surface area contributed by atoms with Crippen molar-refractivity contribution in [2.75, 3.05) is 26.2 Å². The lowest BCUT2D eigenvalue weighted by atomic mass is 10.1. The molecule has 5 heteroatoms. The molecular weight excluding hydrogens is 290 g/mol. The van der Waals surface area contributed by atoms with Gasteiger partial charge >= 0.3 is 0 Å². The zero-order valence-electron chi connectivity index (χ0n) is 14.5. The van der Waals surface area contributed by atoms with E-state index in [4.69, 9.17) is 0 Å². The number of amides is 2. The Bertz CT molecular complexity index is 503. The molecule has 1 aromatic carbocycles. The molecule has 0 unspecified atom stereocenters. The van der Waals surface area contributed by atoms with E-state index in [0.29, 0.717) is 26.2 Å². The maximum Gasteiger partial charge on any atom is 0.234 e. The Morgan fingerprint density at radius 3 is 2.48 bits per heavy atom. The van der Waals surface area contributed by atoms with Crippen LogP contribution in [0.1, 0.15) is 38.3 Å². The smallest absolute Gasteiger partial charge is 0.234 e. The molecule has 128 valence electrons. The van der Waals surface area contributed by atoms with Crippen molar-refractivity contribution in [3.8, 4) is 0 Å². The largest absolute Gasteiger partial charge is 0.355 e. The van der Waals surface area contributed by atoms with Crippen LogP contribution in [0.4, 0.5) is 0 Å². The second kappa shape index (κ2) is 10.8. The first-order valence-electron chi connectivity index (χ1n) is 8.36. The van der Waals surface area contributed by atoms with Gasteiger partial charge in [0.15, 0.2) is 0 Å². The molecule has 2 amide bonds. The highest BCUT2D eigenvalue weighted by Crippen LogP contribution is 2.05. The van der Waals surface area contributed by atoms with Gasteiger partial charge < -0.3 is 10.6 Å². The van der Waals surface area contributed by atoms with Gasteiger partial charge in [0.2, 0.25) is 11.8 Å². The van der Waals surface area contributed by atoms with Crippen molar-refractivity contribution in [3.63, 3.8) is 0 Å². The standard InChI is InChI=1S/C18H29N3O2/c1-4-10-21(11-9-19-15(3)22)14-18(23)20-13-17-8-6-7-16(5-2)12-17/h6-8,12H,4-5,9-11,13-14H2,1-3H3,(H,19,22)(H,20,23). The SMILES string of the molecule is CCCN(CCNC(C)=O)CC(=O)NCc1cccc(CC)c1. The molecule has 2 N–H and O–H groups in total. The van der Waals surface area contributed by atoms with E-state index in [1.54, 1.807) is 0 Å². The lowest BCUT2D eigenvalue weighted by Crippen LogP contribution is -2.41. The second-order valence-corrected chi connectivity index (χ2v) is 5.71. The van der Waals surface area contributed by atoms with Crippen LogP contribution >= 0.6 is 0 Å². The molecule has 0 heterocycles. The molecule has 1 rings (SSSR count). The van der Waals surface area contributed by atoms with Gasteiger partial charge in [-0.05, 0) is 30.5 Å². The summed E-state index contributed by atoms with van der Waals surface area (Å²) in [6, 6.07) is 8.27. The maximum atomic E-state index is 12.1. The number of nitrogens with zero attached hydrogens (tertiary/aromatic N) is 1. The third-order valence-corrected chi connectivity index (χ3v) is 3.60. The highest BCUT2D eigenvalue weighted by molar-refractivity contribution is 5.78. The fourth-order valence-electron chi connectivity index (χ4n) is 2.40. The summed E-state index contributed by atoms with van der Waals surface area (Å²) in [5.74, 6) is -0.0233. The summed E-state index contributed by atoms with van der Waals surface area (Å²) in [6.07, 6.45) is 1.97. The average Bonchev–Trinajstić information content (AvgIpc) is 2.53. The van der Waals surface area contributed by atoms with Crippen LogP contribution in [0.5, 0.6) is 0 Å². The van der Waals surface area contributed by atoms with Crippen molar-refractivity contribution in [1.82, 2.24) is 15.5 Å². The van der Waals surface area contributed by atoms with Gasteiger partial charge in [-0.2, -0.15) is 0 Å². The van der Waals surface area contributed by atoms with Gasteiger partial charge in [-0.1, -0.05) is 38.1 Å². The van der Waals surface area contributed by atoms with Crippen LogP contribution in [0.2, 0.25) is 0 Å². The van der Waals surface area contributed by atoms with E-state index < -0.39 is 0 Å². The minimum Gasteiger partial charge on any atom is -0.355 e. The number of aryl methyl sites for hydroxylation is 1. The van der Waals surface area contributed by atoms with Gasteiger partial charge in [-0.15, -0.1) is 0 Å². The quantitative estimate of drug-likeness (QED) is 0.690. The number of hydrogen-bond donors (Lipinski definition) is 2. The molecule has 5 nitrogen and oxygen atoms in total. The van der Waals surface area contributed by atoms with Crippen molar-refractivity contribution < 1.29 is 9.59 Å². The Morgan fingerprint density at radius 1 is 1.09 bits per heavy atom. The van der Waals surface area contributed by atoms with Gasteiger partial charge in [-0.25, -0.2) is 0 Å². The first-order valence-corrected chi connectivity index (χ1v) is 8.36. The number of carbonyl (C=O) groups excluding carboxylic acids is 2. The van der Waals surface area contributed by atoms with Crippen LogP contribution in [0.3, 0.4) is 0 Å². The van der Waals surface area contributed by atoms with Gasteiger partial charge in [0.25, 0.3) is 0 Å². The number of carbonyl (C=O) groups is 2. The fourth-order valence-corrected chi connectivity index (χ4v) is 2.40. The minimum atomic E-state index is -0.0401. The van der Waals surface area contributed by atoms with E-state index in [2.05, 4.69) is 41.5 Å². The Balaban J connectivity index is 2.40. The molecule has 0 saturated heterocycles. The first kappa shape index (κ1) is 19.2. The molecule has 0 aliphatic rings. The van der Waals surface area contributed by atoms with Gasteiger partial charge in [0, 0.05) is 26.6 Å². The molecule has 0 bridgehead atoms. The number of rotatable bonds is 10. The summed E-state index contributed by atoms with van der Waals surface area (Å²) in [7, 11) is 0. The Labute approximate surface area is 139 Å². The predicted octanol–water partition coefficient (Wildman–Crippen LogP) is 1.71. The summed E-state index contributed by atoms with van der Waals surface area (Å²) < 4.78 is 0. The van der Waals surface area contributed by atoms with Crippen LogP contribution in [0.15, 0.2) is 24.3 Å². The normalized spacial score (nSPS) is 10.6. The molecule has 0 radical (unpaired) electrons. The van der Waals surface area contributed by atoms with E-state index in [1.807, 2.05) is 12.1 Å². The maximum absolute atomic E-state index is 12.1. The molecule has 0 spiro atoms. The summed E-state index contributed by atoms with van der Waals surface area (Å²) in [6.45, 7) is 8.72. The van der Waals surface area contributed by atoms with Crippen LogP contribution in [-0.2, 0) is 22.6 Å². The van der Waals surface area contributed by atoms with Crippen molar-refractivity contribution in [2.45, 2.75) is 40.2 Å². The highest BCUT2D eigenvalue weighted by Gasteiger charge is 2.10. The summed E-state index contributed by atoms with van der Waals surface area (Å²) in [5, 5.41) is 5.74. The van der Waals surface area contributed by atoms with Gasteiger partial charge in [0.1, 0.15) is 0 Å². The third-order valence-electron chi connectivity index (χ3n) is 3.60. The van der Waals surface area contributed by atoms with Crippen LogP contribution in [0, 0.1) is 0 Å². The van der Waals surface area contributed by atoms with Gasteiger partial charge in [-0.3, -0.25) is 14.5 Å². The lowest BCUT2D eigenvalue weighted by Gasteiger charge is -2.21. The van der Waals surface area contributed by atoms with E-state index in [1.165, 1.54) is 12.5 Å². The first-order chi connectivity index (χ1) is 11.0. The van der Waals surface area contributed by atoms with E-state index in [-0.39, 0.29) is 11.8 Å². The minimum absolute atomic E-state index is 0.0168. The molecule has 0 aromatic heterocycles. The third kappa shape index (κ3) is 8.35. The van der Waals surface area contributed by atoms with E-state index >= 15 is 0 Å². The number of nitrogens with one attached hydrogen (secondary N) is 2. The molecule has 0 aliphatic carbocycles. The summed E-state index contributed by atoms with van der Waals surface area (Å²) in [5.41, 5.74) is 2.40. The zero-order valence-corrected chi connectivity index (χ0v) is 14.5. The highest BCUT2D eigenvalue weighted by atomic mass is 16.2. The monoisotopic (exact) mass is 319 g/mol. The summed E-state index contributed by atoms with van der Waals surface area (Å²) in [4.78, 5) is 25.1. The molecule has 0 fully saturated rings. The Kier molecular flexibility index (Phi) is 8.98. The number of hydrogen-bond acceptors (Lipinski definition) is 3. The fraction of sp³-hybridized carbons (Fsp3) is 0.556. The molecule has 0 saturated carbocycles. The zero-order chi connectivity index (χ0) is 17.1. The van der Waals surface area contributed by atoms with E-state index in [9.17, 15) is 9.59 Å². The summed E-state index contributed by atoms with van der Waals surface area (Å²) >= 11 is 0. The van der Waals surface area contributed by atoms with Crippen LogP contribution in [0.25, 0.3) is 0 Å². The van der Waals surface area contributed by atoms with E-state index in [0.717, 1.165) is 24.9 Å². The molecular formula is C18H29N3O2. The molecule has 1 aromatic rings. The average molecular weight is 319 g/mol. The topological polar surface area (TPSA) is 61.4 Å². The van der Waals surface area contributed by atoms with Crippen molar-refractivity contribution >= 4 is 11.8 Å². The van der Waals surface area contributed by atoms with Crippen molar-refractivity contribution in [1.29, 1.82) is 0 Å². The Morgan fingerprint density at radius 2 is 1.83 bits per heavy atom. The predicted molar refractivity (Wildman–Crippen MR) is 93.1 cm³/mol. The Hall–Kier alpha value is -1.88.